The average molecular weight is 273 g/mol. The number of hydrogen-bond donors (Lipinski definition) is 1. The van der Waals surface area contributed by atoms with E-state index < -0.39 is 0 Å². The van der Waals surface area contributed by atoms with Crippen molar-refractivity contribution in [3.8, 4) is 5.75 Å². The molecule has 0 saturated carbocycles. The van der Waals surface area contributed by atoms with Gasteiger partial charge in [0.25, 0.3) is 0 Å². The first-order chi connectivity index (χ1) is 9.24. The van der Waals surface area contributed by atoms with Crippen LogP contribution in [0.5, 0.6) is 5.75 Å². The molecule has 0 radical (unpaired) electrons. The van der Waals surface area contributed by atoms with Gasteiger partial charge in [-0.3, -0.25) is 0 Å². The fourth-order valence-corrected chi connectivity index (χ4v) is 3.03. The van der Waals surface area contributed by atoms with E-state index in [1.54, 1.807) is 7.11 Å². The highest BCUT2D eigenvalue weighted by Gasteiger charge is 2.13. The molecule has 0 aliphatic heterocycles. The first-order valence-corrected chi connectivity index (χ1v) is 7.19. The minimum Gasteiger partial charge on any atom is -0.497 e. The standard InChI is InChI=1S/C16H19NOS/c1-12-6-3-4-9-15(12)19-16(11-17)13-7-5-8-14(10-13)18-2/h3-10,16H,11,17H2,1-2H3. The van der Waals surface area contributed by atoms with Crippen molar-refractivity contribution >= 4 is 11.8 Å². The molecule has 100 valence electrons. The quantitative estimate of drug-likeness (QED) is 0.842. The Labute approximate surface area is 119 Å². The second-order valence-electron chi connectivity index (χ2n) is 4.38. The van der Waals surface area contributed by atoms with Crippen LogP contribution in [-0.2, 0) is 0 Å². The minimum absolute atomic E-state index is 0.246. The lowest BCUT2D eigenvalue weighted by Gasteiger charge is -2.17. The van der Waals surface area contributed by atoms with Gasteiger partial charge in [0.15, 0.2) is 0 Å². The van der Waals surface area contributed by atoms with Crippen LogP contribution >= 0.6 is 11.8 Å². The first-order valence-electron chi connectivity index (χ1n) is 6.31. The van der Waals surface area contributed by atoms with Crippen molar-refractivity contribution in [2.24, 2.45) is 5.73 Å². The van der Waals surface area contributed by atoms with Crippen molar-refractivity contribution in [3.05, 3.63) is 59.7 Å². The van der Waals surface area contributed by atoms with Gasteiger partial charge in [0.1, 0.15) is 5.75 Å². The molecule has 0 saturated heterocycles. The molecule has 3 heteroatoms. The van der Waals surface area contributed by atoms with Crippen molar-refractivity contribution in [2.45, 2.75) is 17.1 Å². The second kappa shape index (κ2) is 6.64. The topological polar surface area (TPSA) is 35.2 Å². The van der Waals surface area contributed by atoms with Gasteiger partial charge in [0.2, 0.25) is 0 Å². The van der Waals surface area contributed by atoms with Crippen LogP contribution in [0.2, 0.25) is 0 Å². The van der Waals surface area contributed by atoms with Crippen LogP contribution in [0.4, 0.5) is 0 Å². The Morgan fingerprint density at radius 2 is 1.95 bits per heavy atom. The fraction of sp³-hybridized carbons (Fsp3) is 0.250. The lowest BCUT2D eigenvalue weighted by Crippen LogP contribution is -2.09. The molecule has 0 aliphatic carbocycles. The smallest absolute Gasteiger partial charge is 0.119 e. The summed E-state index contributed by atoms with van der Waals surface area (Å²) in [5, 5.41) is 0.246. The molecule has 2 nitrogen and oxygen atoms in total. The minimum atomic E-state index is 0.246. The SMILES string of the molecule is COc1cccc(C(CN)Sc2ccccc2C)c1. The van der Waals surface area contributed by atoms with Crippen molar-refractivity contribution in [3.63, 3.8) is 0 Å². The lowest BCUT2D eigenvalue weighted by molar-refractivity contribution is 0.414. The maximum atomic E-state index is 5.93. The molecule has 1 unspecified atom stereocenters. The van der Waals surface area contributed by atoms with E-state index in [1.807, 2.05) is 23.9 Å². The Balaban J connectivity index is 2.22. The summed E-state index contributed by atoms with van der Waals surface area (Å²) in [6.07, 6.45) is 0. The van der Waals surface area contributed by atoms with Crippen LogP contribution in [0.15, 0.2) is 53.4 Å². The molecule has 2 aromatic carbocycles. The normalized spacial score (nSPS) is 12.2. The summed E-state index contributed by atoms with van der Waals surface area (Å²) in [6, 6.07) is 16.5. The zero-order valence-corrected chi connectivity index (χ0v) is 12.1. The van der Waals surface area contributed by atoms with Gasteiger partial charge in [0.05, 0.1) is 7.11 Å². The van der Waals surface area contributed by atoms with E-state index in [2.05, 4.69) is 43.3 Å². The summed E-state index contributed by atoms with van der Waals surface area (Å²) in [6.45, 7) is 2.73. The van der Waals surface area contributed by atoms with Crippen molar-refractivity contribution in [1.82, 2.24) is 0 Å². The maximum Gasteiger partial charge on any atom is 0.119 e. The number of rotatable bonds is 5. The summed E-state index contributed by atoms with van der Waals surface area (Å²) >= 11 is 1.81. The molecule has 1 atom stereocenters. The van der Waals surface area contributed by atoms with Crippen LogP contribution in [0.25, 0.3) is 0 Å². The summed E-state index contributed by atoms with van der Waals surface area (Å²) < 4.78 is 5.27. The summed E-state index contributed by atoms with van der Waals surface area (Å²) in [4.78, 5) is 1.28. The highest BCUT2D eigenvalue weighted by Crippen LogP contribution is 2.36. The van der Waals surface area contributed by atoms with Crippen molar-refractivity contribution in [2.75, 3.05) is 13.7 Å². The fourth-order valence-electron chi connectivity index (χ4n) is 1.94. The highest BCUT2D eigenvalue weighted by molar-refractivity contribution is 7.99. The Morgan fingerprint density at radius 1 is 1.16 bits per heavy atom. The Hall–Kier alpha value is -1.45. The van der Waals surface area contributed by atoms with E-state index in [0.717, 1.165) is 5.75 Å². The molecule has 0 bridgehead atoms. The molecule has 0 heterocycles. The third kappa shape index (κ3) is 3.52. The number of methoxy groups -OCH3 is 1. The zero-order valence-electron chi connectivity index (χ0n) is 11.3. The van der Waals surface area contributed by atoms with Gasteiger partial charge in [-0.2, -0.15) is 0 Å². The first kappa shape index (κ1) is 14.0. The predicted octanol–water partition coefficient (Wildman–Crippen LogP) is 3.80. The number of benzene rings is 2. The van der Waals surface area contributed by atoms with Crippen molar-refractivity contribution < 1.29 is 4.74 Å². The molecular weight excluding hydrogens is 254 g/mol. The largest absolute Gasteiger partial charge is 0.497 e. The molecule has 19 heavy (non-hydrogen) atoms. The molecule has 2 N–H and O–H groups in total. The Kier molecular flexibility index (Phi) is 4.88. The van der Waals surface area contributed by atoms with E-state index in [1.165, 1.54) is 16.0 Å². The lowest BCUT2D eigenvalue weighted by atomic mass is 10.1. The van der Waals surface area contributed by atoms with E-state index in [4.69, 9.17) is 10.5 Å². The maximum absolute atomic E-state index is 5.93. The van der Waals surface area contributed by atoms with Crippen LogP contribution in [-0.4, -0.2) is 13.7 Å². The van der Waals surface area contributed by atoms with E-state index >= 15 is 0 Å². The second-order valence-corrected chi connectivity index (χ2v) is 5.63. The van der Waals surface area contributed by atoms with Gasteiger partial charge in [-0.1, -0.05) is 30.3 Å². The molecule has 0 fully saturated rings. The third-order valence-electron chi connectivity index (χ3n) is 3.04. The van der Waals surface area contributed by atoms with Gasteiger partial charge in [-0.05, 0) is 36.2 Å². The van der Waals surface area contributed by atoms with Gasteiger partial charge in [0, 0.05) is 16.7 Å². The summed E-state index contributed by atoms with van der Waals surface area (Å²) in [5.41, 5.74) is 8.42. The predicted molar refractivity (Wildman–Crippen MR) is 81.8 cm³/mol. The zero-order chi connectivity index (χ0) is 13.7. The number of ether oxygens (including phenoxy) is 1. The molecule has 2 aromatic rings. The van der Waals surface area contributed by atoms with Gasteiger partial charge in [-0.15, -0.1) is 11.8 Å². The van der Waals surface area contributed by atoms with Gasteiger partial charge in [-0.25, -0.2) is 0 Å². The molecule has 0 amide bonds. The van der Waals surface area contributed by atoms with E-state index in [0.29, 0.717) is 6.54 Å². The average Bonchev–Trinajstić information content (AvgIpc) is 2.46. The van der Waals surface area contributed by atoms with E-state index in [-0.39, 0.29) is 5.25 Å². The molecule has 0 aromatic heterocycles. The third-order valence-corrected chi connectivity index (χ3v) is 4.50. The number of thioether (sulfide) groups is 1. The van der Waals surface area contributed by atoms with Gasteiger partial charge >= 0.3 is 0 Å². The summed E-state index contributed by atoms with van der Waals surface area (Å²) in [5.74, 6) is 0.876. The molecule has 2 rings (SSSR count). The highest BCUT2D eigenvalue weighted by atomic mass is 32.2. The summed E-state index contributed by atoms with van der Waals surface area (Å²) in [7, 11) is 1.69. The molecule has 0 spiro atoms. The Morgan fingerprint density at radius 3 is 2.63 bits per heavy atom. The van der Waals surface area contributed by atoms with Crippen LogP contribution in [0, 0.1) is 6.92 Å². The van der Waals surface area contributed by atoms with E-state index in [9.17, 15) is 0 Å². The number of nitrogens with two attached hydrogens (primary N) is 1. The van der Waals surface area contributed by atoms with Gasteiger partial charge < -0.3 is 10.5 Å². The van der Waals surface area contributed by atoms with Crippen LogP contribution < -0.4 is 10.5 Å². The molecule has 0 aliphatic rings. The monoisotopic (exact) mass is 273 g/mol. The van der Waals surface area contributed by atoms with Crippen molar-refractivity contribution in [1.29, 1.82) is 0 Å². The number of hydrogen-bond acceptors (Lipinski definition) is 3. The Bertz CT molecular complexity index is 542. The van der Waals surface area contributed by atoms with Crippen LogP contribution in [0.3, 0.4) is 0 Å². The number of aryl methyl sites for hydroxylation is 1. The molecular formula is C16H19NOS. The van der Waals surface area contributed by atoms with Crippen LogP contribution in [0.1, 0.15) is 16.4 Å².